The van der Waals surface area contributed by atoms with Gasteiger partial charge >= 0.3 is 0 Å². The van der Waals surface area contributed by atoms with Crippen LogP contribution in [0.1, 0.15) is 93.9 Å². The Morgan fingerprint density at radius 1 is 0.839 bits per heavy atom. The van der Waals surface area contributed by atoms with Gasteiger partial charge in [-0.3, -0.25) is 4.79 Å². The third kappa shape index (κ3) is 124. The molecule has 0 aromatic heterocycles. The quantitative estimate of drug-likeness (QED) is 0.424. The SMILES string of the molecule is CC(C)=O.CCC(C)CNC.CCCC(=O)CCC.CCCOCC.CNC.COC. The number of hydrogen-bond acceptors (Lipinski definition) is 6. The largest absolute Gasteiger partial charge is 0.388 e. The Bertz CT molecular complexity index is 271. The van der Waals surface area contributed by atoms with Crippen LogP contribution >= 0.6 is 0 Å². The molecule has 1 atom stereocenters. The van der Waals surface area contributed by atoms with E-state index in [9.17, 15) is 9.59 Å². The highest BCUT2D eigenvalue weighted by Crippen LogP contribution is 1.96. The molecular weight excluding hydrogens is 392 g/mol. The van der Waals surface area contributed by atoms with Crippen LogP contribution in [0.3, 0.4) is 0 Å². The van der Waals surface area contributed by atoms with Gasteiger partial charge in [-0.25, -0.2) is 0 Å². The minimum atomic E-state index is 0.167. The molecule has 0 fully saturated rings. The van der Waals surface area contributed by atoms with Crippen LogP contribution in [0.2, 0.25) is 0 Å². The van der Waals surface area contributed by atoms with Crippen molar-refractivity contribution in [3.63, 3.8) is 0 Å². The Morgan fingerprint density at radius 2 is 1.19 bits per heavy atom. The summed E-state index contributed by atoms with van der Waals surface area (Å²) in [5, 5.41) is 5.87. The summed E-state index contributed by atoms with van der Waals surface area (Å²) in [4.78, 5) is 20.1. The topological polar surface area (TPSA) is 76.7 Å². The first-order valence-electron chi connectivity index (χ1n) is 11.8. The average molecular weight is 453 g/mol. The van der Waals surface area contributed by atoms with Crippen LogP contribution in [0, 0.1) is 5.92 Å². The van der Waals surface area contributed by atoms with Crippen molar-refractivity contribution in [1.29, 1.82) is 0 Å². The van der Waals surface area contributed by atoms with E-state index in [4.69, 9.17) is 4.74 Å². The van der Waals surface area contributed by atoms with Gasteiger partial charge in [0.25, 0.3) is 0 Å². The number of carbonyl (C=O) groups excluding carboxylic acids is 2. The first-order valence-corrected chi connectivity index (χ1v) is 11.8. The lowest BCUT2D eigenvalue weighted by Crippen LogP contribution is -2.14. The Kier molecular flexibility index (Phi) is 73.2. The van der Waals surface area contributed by atoms with E-state index < -0.39 is 0 Å². The van der Waals surface area contributed by atoms with Gasteiger partial charge in [0.1, 0.15) is 11.6 Å². The third-order valence-corrected chi connectivity index (χ3v) is 2.86. The number of rotatable bonds is 10. The Balaban J connectivity index is -0.0000000630. The lowest BCUT2D eigenvalue weighted by molar-refractivity contribution is -0.119. The van der Waals surface area contributed by atoms with Crippen LogP contribution in [0.25, 0.3) is 0 Å². The fraction of sp³-hybridized carbons (Fsp3) is 0.920. The fourth-order valence-corrected chi connectivity index (χ4v) is 1.46. The summed E-state index contributed by atoms with van der Waals surface area (Å²) >= 11 is 0. The van der Waals surface area contributed by atoms with Crippen molar-refractivity contribution in [1.82, 2.24) is 10.6 Å². The number of ketones is 2. The summed E-state index contributed by atoms with van der Waals surface area (Å²) in [6.07, 6.45) is 5.95. The lowest BCUT2D eigenvalue weighted by atomic mass is 10.1. The maximum absolute atomic E-state index is 10.6. The van der Waals surface area contributed by atoms with E-state index >= 15 is 0 Å². The molecule has 0 aliphatic heterocycles. The molecule has 0 saturated heterocycles. The molecule has 0 aliphatic rings. The molecule has 0 aromatic rings. The molecule has 0 aromatic carbocycles. The van der Waals surface area contributed by atoms with Crippen LogP contribution in [-0.2, 0) is 19.1 Å². The monoisotopic (exact) mass is 452 g/mol. The second-order valence-corrected chi connectivity index (χ2v) is 7.12. The van der Waals surface area contributed by atoms with E-state index in [0.717, 1.165) is 57.8 Å². The summed E-state index contributed by atoms with van der Waals surface area (Å²) in [6.45, 7) is 18.6. The molecule has 0 bridgehead atoms. The van der Waals surface area contributed by atoms with Gasteiger partial charge in [0.15, 0.2) is 0 Å². The zero-order valence-electron chi connectivity index (χ0n) is 23.6. The fourth-order valence-electron chi connectivity index (χ4n) is 1.46. The molecule has 0 aliphatic carbocycles. The molecule has 0 spiro atoms. The molecule has 6 nitrogen and oxygen atoms in total. The van der Waals surface area contributed by atoms with Crippen LogP contribution in [-0.4, -0.2) is 66.7 Å². The van der Waals surface area contributed by atoms with Gasteiger partial charge in [-0.2, -0.15) is 0 Å². The number of ether oxygens (including phenoxy) is 2. The molecule has 0 heterocycles. The minimum absolute atomic E-state index is 0.167. The molecule has 194 valence electrons. The number of carbonyl (C=O) groups is 2. The Hall–Kier alpha value is -0.820. The average Bonchev–Trinajstić information content (AvgIpc) is 2.69. The molecule has 2 N–H and O–H groups in total. The number of Topliss-reactive ketones (excluding diaryl/α,β-unsaturated/α-hetero) is 2. The highest BCUT2D eigenvalue weighted by Gasteiger charge is 1.94. The summed E-state index contributed by atoms with van der Waals surface area (Å²) in [5.41, 5.74) is 0. The van der Waals surface area contributed by atoms with Crippen molar-refractivity contribution in [2.75, 3.05) is 55.1 Å². The zero-order chi connectivity index (χ0) is 25.9. The van der Waals surface area contributed by atoms with Gasteiger partial charge in [-0.1, -0.05) is 41.0 Å². The van der Waals surface area contributed by atoms with Crippen molar-refractivity contribution in [2.45, 2.75) is 93.9 Å². The highest BCUT2D eigenvalue weighted by molar-refractivity contribution is 5.78. The molecule has 0 rings (SSSR count). The van der Waals surface area contributed by atoms with Crippen molar-refractivity contribution in [3.05, 3.63) is 0 Å². The Morgan fingerprint density at radius 3 is 1.32 bits per heavy atom. The van der Waals surface area contributed by atoms with Gasteiger partial charge in [0, 0.05) is 40.3 Å². The molecule has 6 heteroatoms. The van der Waals surface area contributed by atoms with E-state index in [1.54, 1.807) is 14.2 Å². The predicted octanol–water partition coefficient (Wildman–Crippen LogP) is 5.53. The summed E-state index contributed by atoms with van der Waals surface area (Å²) in [6, 6.07) is 0. The standard InChI is InChI=1S/C7H14O.C6H15N.C5H12O.C3H6O.C2H7N.C2H6O/c1-3-5-7(8)6-4-2;1-4-6(2)5-7-3;1-3-5-6-4-2;1-3(2)4;2*1-3-2/h3-6H2,1-2H3;6-7H,4-5H2,1-3H3;3-5H2,1-2H3;1-2H3;3H,1-2H3;1-2H3. The maximum Gasteiger partial charge on any atom is 0.132 e. The molecule has 31 heavy (non-hydrogen) atoms. The third-order valence-electron chi connectivity index (χ3n) is 2.86. The summed E-state index contributed by atoms with van der Waals surface area (Å²) in [7, 11) is 8.99. The van der Waals surface area contributed by atoms with Crippen molar-refractivity contribution in [2.24, 2.45) is 5.92 Å². The maximum atomic E-state index is 10.6. The van der Waals surface area contributed by atoms with E-state index in [2.05, 4.69) is 36.1 Å². The van der Waals surface area contributed by atoms with Gasteiger partial charge < -0.3 is 24.9 Å². The number of hydrogen-bond donors (Lipinski definition) is 2. The second kappa shape index (κ2) is 51.7. The van der Waals surface area contributed by atoms with Crippen molar-refractivity contribution < 1.29 is 19.1 Å². The summed E-state index contributed by atoms with van der Waals surface area (Å²) < 4.78 is 9.23. The normalized spacial score (nSPS) is 9.32. The van der Waals surface area contributed by atoms with E-state index in [0.29, 0.717) is 5.78 Å². The first kappa shape index (κ1) is 44.0. The molecule has 0 saturated carbocycles. The smallest absolute Gasteiger partial charge is 0.132 e. The van der Waals surface area contributed by atoms with Gasteiger partial charge in [0.2, 0.25) is 0 Å². The highest BCUT2D eigenvalue weighted by atomic mass is 16.5. The molecule has 0 radical (unpaired) electrons. The first-order chi connectivity index (χ1) is 14.6. The number of nitrogens with one attached hydrogen (secondary N) is 2. The van der Waals surface area contributed by atoms with Crippen LogP contribution < -0.4 is 10.6 Å². The zero-order valence-corrected chi connectivity index (χ0v) is 23.6. The second-order valence-electron chi connectivity index (χ2n) is 7.12. The minimum Gasteiger partial charge on any atom is -0.388 e. The Labute approximate surface area is 196 Å². The van der Waals surface area contributed by atoms with Gasteiger partial charge in [-0.05, 0) is 73.6 Å². The molecule has 1 unspecified atom stereocenters. The van der Waals surface area contributed by atoms with Crippen molar-refractivity contribution in [3.8, 4) is 0 Å². The van der Waals surface area contributed by atoms with E-state index in [-0.39, 0.29) is 5.78 Å². The summed E-state index contributed by atoms with van der Waals surface area (Å²) in [5.74, 6) is 1.42. The predicted molar refractivity (Wildman–Crippen MR) is 139 cm³/mol. The van der Waals surface area contributed by atoms with E-state index in [1.165, 1.54) is 20.3 Å². The van der Waals surface area contributed by atoms with E-state index in [1.807, 2.05) is 41.9 Å². The van der Waals surface area contributed by atoms with Crippen LogP contribution in [0.4, 0.5) is 0 Å². The molecular formula is C25H60N2O4. The van der Waals surface area contributed by atoms with Crippen LogP contribution in [0.5, 0.6) is 0 Å². The van der Waals surface area contributed by atoms with Gasteiger partial charge in [-0.15, -0.1) is 0 Å². The lowest BCUT2D eigenvalue weighted by Gasteiger charge is -2.04. The number of methoxy groups -OCH3 is 1. The molecule has 0 amide bonds. The van der Waals surface area contributed by atoms with Crippen LogP contribution in [0.15, 0.2) is 0 Å². The van der Waals surface area contributed by atoms with Gasteiger partial charge in [0.05, 0.1) is 0 Å². The van der Waals surface area contributed by atoms with Crippen molar-refractivity contribution >= 4 is 11.6 Å².